The van der Waals surface area contributed by atoms with Gasteiger partial charge in [-0.05, 0) is 41.5 Å². The number of thiazole rings is 1. The molecular weight excluding hydrogens is 406 g/mol. The van der Waals surface area contributed by atoms with Crippen LogP contribution in [0.25, 0.3) is 22.0 Å². The van der Waals surface area contributed by atoms with E-state index in [1.54, 1.807) is 11.3 Å². The summed E-state index contributed by atoms with van der Waals surface area (Å²) in [5.41, 5.74) is 4.05. The maximum absolute atomic E-state index is 5.49. The number of rotatable bonds is 5. The van der Waals surface area contributed by atoms with Crippen LogP contribution in [0.4, 0.5) is 0 Å². The quantitative estimate of drug-likeness (QED) is 0.314. The summed E-state index contributed by atoms with van der Waals surface area (Å²) in [7, 11) is 0. The Morgan fingerprint density at radius 2 is 1.94 bits per heavy atom. The summed E-state index contributed by atoms with van der Waals surface area (Å²) < 4.78 is 12.8. The Morgan fingerprint density at radius 3 is 2.84 bits per heavy atom. The van der Waals surface area contributed by atoms with Crippen LogP contribution in [-0.4, -0.2) is 24.2 Å². The van der Waals surface area contributed by atoms with Gasteiger partial charge in [0.05, 0.1) is 18.5 Å². The van der Waals surface area contributed by atoms with Gasteiger partial charge in [-0.25, -0.2) is 4.68 Å². The van der Waals surface area contributed by atoms with Crippen LogP contribution in [0.5, 0.6) is 11.5 Å². The zero-order chi connectivity index (χ0) is 21.2. The average molecular weight is 428 g/mol. The SMILES string of the molecule is C=C(C)CN=c1scc(-c2cccc3ccccc23)n1N=Cc1ccc2c(c1)OCO2. The third kappa shape index (κ3) is 3.90. The highest BCUT2D eigenvalue weighted by Crippen LogP contribution is 2.32. The maximum atomic E-state index is 5.49. The van der Waals surface area contributed by atoms with Crippen molar-refractivity contribution in [2.45, 2.75) is 6.92 Å². The molecule has 0 unspecified atom stereocenters. The molecule has 0 fully saturated rings. The van der Waals surface area contributed by atoms with Crippen molar-refractivity contribution in [3.8, 4) is 22.8 Å². The topological polar surface area (TPSA) is 48.1 Å². The van der Waals surface area contributed by atoms with E-state index >= 15 is 0 Å². The molecule has 2 heterocycles. The lowest BCUT2D eigenvalue weighted by Gasteiger charge is -2.08. The predicted molar refractivity (Wildman–Crippen MR) is 126 cm³/mol. The number of benzene rings is 3. The molecule has 1 aliphatic rings. The number of ether oxygens (including phenoxy) is 2. The third-order valence-electron chi connectivity index (χ3n) is 4.95. The molecule has 0 spiro atoms. The molecule has 0 amide bonds. The smallest absolute Gasteiger partial charge is 0.231 e. The maximum Gasteiger partial charge on any atom is 0.231 e. The van der Waals surface area contributed by atoms with Gasteiger partial charge in [0, 0.05) is 10.9 Å². The first-order valence-corrected chi connectivity index (χ1v) is 10.8. The van der Waals surface area contributed by atoms with Crippen molar-refractivity contribution >= 4 is 28.3 Å². The summed E-state index contributed by atoms with van der Waals surface area (Å²) in [5, 5.41) is 9.29. The molecule has 5 rings (SSSR count). The number of hydrogen-bond acceptors (Lipinski definition) is 5. The highest BCUT2D eigenvalue weighted by atomic mass is 32.1. The van der Waals surface area contributed by atoms with Gasteiger partial charge >= 0.3 is 0 Å². The highest BCUT2D eigenvalue weighted by molar-refractivity contribution is 7.07. The molecule has 0 aliphatic carbocycles. The van der Waals surface area contributed by atoms with E-state index in [1.165, 1.54) is 10.8 Å². The fraction of sp³-hybridized carbons (Fsp3) is 0.120. The van der Waals surface area contributed by atoms with Gasteiger partial charge in [0.25, 0.3) is 0 Å². The van der Waals surface area contributed by atoms with E-state index in [2.05, 4.69) is 54.4 Å². The van der Waals surface area contributed by atoms with Gasteiger partial charge in [-0.3, -0.25) is 4.99 Å². The number of aromatic nitrogens is 1. The molecule has 0 atom stereocenters. The molecule has 6 heteroatoms. The minimum atomic E-state index is 0.254. The van der Waals surface area contributed by atoms with Crippen LogP contribution in [0.15, 0.2) is 88.3 Å². The minimum Gasteiger partial charge on any atom is -0.454 e. The number of hydrogen-bond donors (Lipinski definition) is 0. The molecule has 0 saturated carbocycles. The Morgan fingerprint density at radius 1 is 1.10 bits per heavy atom. The Balaban J connectivity index is 1.63. The van der Waals surface area contributed by atoms with Gasteiger partial charge in [-0.2, -0.15) is 5.10 Å². The van der Waals surface area contributed by atoms with E-state index in [0.717, 1.165) is 38.7 Å². The van der Waals surface area contributed by atoms with Crippen molar-refractivity contribution in [2.75, 3.05) is 13.3 Å². The second-order valence-electron chi connectivity index (χ2n) is 7.37. The van der Waals surface area contributed by atoms with Crippen LogP contribution in [0, 0.1) is 0 Å². The van der Waals surface area contributed by atoms with Gasteiger partial charge < -0.3 is 9.47 Å². The van der Waals surface area contributed by atoms with Crippen molar-refractivity contribution < 1.29 is 9.47 Å². The van der Waals surface area contributed by atoms with Crippen molar-refractivity contribution in [1.29, 1.82) is 0 Å². The first kappa shape index (κ1) is 19.3. The zero-order valence-electron chi connectivity index (χ0n) is 17.1. The normalized spacial score (nSPS) is 13.4. The van der Waals surface area contributed by atoms with Crippen LogP contribution in [-0.2, 0) is 0 Å². The number of fused-ring (bicyclic) bond motifs is 2. The lowest BCUT2D eigenvalue weighted by Crippen LogP contribution is -2.13. The second kappa shape index (κ2) is 8.24. The molecule has 0 bridgehead atoms. The molecule has 31 heavy (non-hydrogen) atoms. The fourth-order valence-electron chi connectivity index (χ4n) is 3.47. The van der Waals surface area contributed by atoms with Gasteiger partial charge in [0.15, 0.2) is 11.5 Å². The van der Waals surface area contributed by atoms with E-state index in [-0.39, 0.29) is 6.79 Å². The van der Waals surface area contributed by atoms with Gasteiger partial charge in [-0.1, -0.05) is 54.6 Å². The molecule has 1 aromatic heterocycles. The zero-order valence-corrected chi connectivity index (χ0v) is 17.9. The molecule has 4 aromatic rings. The summed E-state index contributed by atoms with van der Waals surface area (Å²) in [4.78, 5) is 5.55. The van der Waals surface area contributed by atoms with Crippen molar-refractivity contribution in [3.63, 3.8) is 0 Å². The molecule has 154 valence electrons. The van der Waals surface area contributed by atoms with Crippen LogP contribution < -0.4 is 14.3 Å². The van der Waals surface area contributed by atoms with E-state index in [0.29, 0.717) is 6.54 Å². The van der Waals surface area contributed by atoms with E-state index in [9.17, 15) is 0 Å². The van der Waals surface area contributed by atoms with Crippen LogP contribution in [0.1, 0.15) is 12.5 Å². The molecule has 1 aliphatic heterocycles. The molecular formula is C25H21N3O2S. The lowest BCUT2D eigenvalue weighted by atomic mass is 10.0. The number of nitrogens with zero attached hydrogens (tertiary/aromatic N) is 3. The standard InChI is InChI=1S/C25H21N3O2S/c1-17(2)13-26-25-28(27-14-18-10-11-23-24(12-18)30-16-29-23)22(15-31-25)21-9-5-7-19-6-3-4-8-20(19)21/h3-12,14-15H,1,13,16H2,2H3. The Kier molecular flexibility index (Phi) is 5.14. The summed E-state index contributed by atoms with van der Waals surface area (Å²) >= 11 is 1.57. The first-order valence-electron chi connectivity index (χ1n) is 9.96. The first-order chi connectivity index (χ1) is 15.2. The third-order valence-corrected chi connectivity index (χ3v) is 5.81. The van der Waals surface area contributed by atoms with Crippen molar-refractivity contribution in [2.24, 2.45) is 10.1 Å². The van der Waals surface area contributed by atoms with Gasteiger partial charge in [0.1, 0.15) is 0 Å². The van der Waals surface area contributed by atoms with Crippen molar-refractivity contribution in [3.05, 3.63) is 88.6 Å². The average Bonchev–Trinajstić information content (AvgIpc) is 3.42. The highest BCUT2D eigenvalue weighted by Gasteiger charge is 2.13. The molecule has 0 saturated heterocycles. The monoisotopic (exact) mass is 427 g/mol. The fourth-order valence-corrected chi connectivity index (χ4v) is 4.30. The van der Waals surface area contributed by atoms with Crippen LogP contribution in [0.3, 0.4) is 0 Å². The summed E-state index contributed by atoms with van der Waals surface area (Å²) in [5.74, 6) is 1.50. The summed E-state index contributed by atoms with van der Waals surface area (Å²) in [6.45, 7) is 6.76. The Bertz CT molecular complexity index is 1380. The minimum absolute atomic E-state index is 0.254. The largest absolute Gasteiger partial charge is 0.454 e. The van der Waals surface area contributed by atoms with Gasteiger partial charge in [0.2, 0.25) is 11.6 Å². The Labute approximate surface area is 184 Å². The van der Waals surface area contributed by atoms with E-state index in [1.807, 2.05) is 36.0 Å². The molecule has 0 radical (unpaired) electrons. The predicted octanol–water partition coefficient (Wildman–Crippen LogP) is 5.46. The van der Waals surface area contributed by atoms with Gasteiger partial charge in [-0.15, -0.1) is 11.3 Å². The summed E-state index contributed by atoms with van der Waals surface area (Å²) in [6.07, 6.45) is 1.82. The molecule has 3 aromatic carbocycles. The van der Waals surface area contributed by atoms with Crippen LogP contribution in [0.2, 0.25) is 0 Å². The second-order valence-corrected chi connectivity index (χ2v) is 8.21. The van der Waals surface area contributed by atoms with E-state index < -0.39 is 0 Å². The lowest BCUT2D eigenvalue weighted by molar-refractivity contribution is 0.174. The summed E-state index contributed by atoms with van der Waals surface area (Å²) in [6, 6.07) is 20.5. The van der Waals surface area contributed by atoms with Crippen LogP contribution >= 0.6 is 11.3 Å². The molecule has 5 nitrogen and oxygen atoms in total. The molecule has 0 N–H and O–H groups in total. The van der Waals surface area contributed by atoms with E-state index in [4.69, 9.17) is 19.6 Å². The van der Waals surface area contributed by atoms with Crippen molar-refractivity contribution in [1.82, 2.24) is 4.68 Å². The Hall–Kier alpha value is -3.64.